The fraction of sp³-hybridized carbons (Fsp3) is 1.00. The number of epoxide rings is 1. The Labute approximate surface area is 55.0 Å². The lowest BCUT2D eigenvalue weighted by Crippen LogP contribution is -2.23. The van der Waals surface area contributed by atoms with Crippen LogP contribution in [-0.4, -0.2) is 37.0 Å². The van der Waals surface area contributed by atoms with Gasteiger partial charge >= 0.3 is 0 Å². The highest BCUT2D eigenvalue weighted by molar-refractivity contribution is 4.81. The molecule has 2 N–H and O–H groups in total. The Morgan fingerprint density at radius 2 is 2.33 bits per heavy atom. The Hall–Kier alpha value is -0.120. The summed E-state index contributed by atoms with van der Waals surface area (Å²) in [5, 5.41) is 11.4. The minimum absolute atomic E-state index is 0.209. The number of aliphatic hydroxyl groups is 1. The van der Waals surface area contributed by atoms with Crippen molar-refractivity contribution in [3.63, 3.8) is 0 Å². The first-order valence-electron chi connectivity index (χ1n) is 3.31. The molecule has 1 heterocycles. The highest BCUT2D eigenvalue weighted by Crippen LogP contribution is 2.19. The second kappa shape index (κ2) is 3.15. The summed E-state index contributed by atoms with van der Waals surface area (Å²) in [4.78, 5) is 0. The molecule has 0 bridgehead atoms. The van der Waals surface area contributed by atoms with Crippen molar-refractivity contribution in [2.24, 2.45) is 0 Å². The molecular weight excluding hydrogens is 118 g/mol. The standard InChI is InChI=1S/C6H13NO2/c1-5-6(9-5)4-7-2-3-8/h5-8H,2-4H2,1H3. The van der Waals surface area contributed by atoms with Gasteiger partial charge in [0.25, 0.3) is 0 Å². The lowest BCUT2D eigenvalue weighted by molar-refractivity contribution is 0.288. The zero-order valence-corrected chi connectivity index (χ0v) is 5.63. The van der Waals surface area contributed by atoms with E-state index < -0.39 is 0 Å². The van der Waals surface area contributed by atoms with Crippen molar-refractivity contribution in [1.82, 2.24) is 5.32 Å². The van der Waals surface area contributed by atoms with Crippen LogP contribution >= 0.6 is 0 Å². The molecule has 0 aromatic heterocycles. The largest absolute Gasteiger partial charge is 0.395 e. The third kappa shape index (κ3) is 2.30. The third-order valence-electron chi connectivity index (χ3n) is 1.47. The van der Waals surface area contributed by atoms with Crippen LogP contribution in [0.1, 0.15) is 6.92 Å². The smallest absolute Gasteiger partial charge is 0.0962 e. The second-order valence-electron chi connectivity index (χ2n) is 2.31. The van der Waals surface area contributed by atoms with Gasteiger partial charge < -0.3 is 15.2 Å². The maximum Gasteiger partial charge on any atom is 0.0962 e. The molecule has 1 aliphatic heterocycles. The molecule has 0 radical (unpaired) electrons. The minimum atomic E-state index is 0.209. The molecule has 1 aliphatic rings. The monoisotopic (exact) mass is 131 g/mol. The molecule has 0 aliphatic carbocycles. The molecule has 2 atom stereocenters. The number of rotatable bonds is 4. The molecule has 1 saturated heterocycles. The highest BCUT2D eigenvalue weighted by atomic mass is 16.6. The van der Waals surface area contributed by atoms with E-state index in [9.17, 15) is 0 Å². The summed E-state index contributed by atoms with van der Waals surface area (Å²) >= 11 is 0. The van der Waals surface area contributed by atoms with Gasteiger partial charge in [-0.25, -0.2) is 0 Å². The van der Waals surface area contributed by atoms with E-state index >= 15 is 0 Å². The first-order valence-corrected chi connectivity index (χ1v) is 3.31. The normalized spacial score (nSPS) is 32.7. The second-order valence-corrected chi connectivity index (χ2v) is 2.31. The molecular formula is C6H13NO2. The van der Waals surface area contributed by atoms with Crippen LogP contribution < -0.4 is 5.32 Å². The zero-order valence-electron chi connectivity index (χ0n) is 5.63. The molecule has 9 heavy (non-hydrogen) atoms. The number of aliphatic hydroxyl groups excluding tert-OH is 1. The quantitative estimate of drug-likeness (QED) is 0.394. The number of hydrogen-bond donors (Lipinski definition) is 2. The minimum Gasteiger partial charge on any atom is -0.395 e. The average Bonchev–Trinajstić information content (AvgIpc) is 2.48. The molecule has 1 rings (SSSR count). The molecule has 2 unspecified atom stereocenters. The Kier molecular flexibility index (Phi) is 2.45. The first kappa shape index (κ1) is 6.99. The van der Waals surface area contributed by atoms with Crippen molar-refractivity contribution in [3.05, 3.63) is 0 Å². The SMILES string of the molecule is CC1OC1CNCCO. The van der Waals surface area contributed by atoms with Crippen LogP contribution in [0.3, 0.4) is 0 Å². The van der Waals surface area contributed by atoms with Gasteiger partial charge in [0.05, 0.1) is 18.8 Å². The van der Waals surface area contributed by atoms with E-state index in [0.29, 0.717) is 18.8 Å². The molecule has 3 nitrogen and oxygen atoms in total. The van der Waals surface area contributed by atoms with Crippen molar-refractivity contribution < 1.29 is 9.84 Å². The van der Waals surface area contributed by atoms with Gasteiger partial charge in [-0.1, -0.05) is 0 Å². The van der Waals surface area contributed by atoms with Gasteiger partial charge in [0.1, 0.15) is 0 Å². The third-order valence-corrected chi connectivity index (χ3v) is 1.47. The zero-order chi connectivity index (χ0) is 6.69. The molecule has 1 fully saturated rings. The summed E-state index contributed by atoms with van der Waals surface area (Å²) in [5.41, 5.74) is 0. The van der Waals surface area contributed by atoms with Crippen LogP contribution in [-0.2, 0) is 4.74 Å². The summed E-state index contributed by atoms with van der Waals surface area (Å²) < 4.78 is 5.12. The van der Waals surface area contributed by atoms with Crippen LogP contribution in [0.2, 0.25) is 0 Å². The van der Waals surface area contributed by atoms with E-state index in [1.807, 2.05) is 6.92 Å². The van der Waals surface area contributed by atoms with E-state index in [4.69, 9.17) is 9.84 Å². The highest BCUT2D eigenvalue weighted by Gasteiger charge is 2.32. The van der Waals surface area contributed by atoms with Crippen molar-refractivity contribution >= 4 is 0 Å². The molecule has 0 amide bonds. The maximum atomic E-state index is 8.36. The van der Waals surface area contributed by atoms with Gasteiger partial charge in [0, 0.05) is 13.1 Å². The predicted octanol–water partition coefficient (Wildman–Crippen LogP) is -0.644. The Balaban J connectivity index is 1.83. The molecule has 0 saturated carbocycles. The van der Waals surface area contributed by atoms with Crippen molar-refractivity contribution in [3.8, 4) is 0 Å². The van der Waals surface area contributed by atoms with Crippen molar-refractivity contribution in [2.75, 3.05) is 19.7 Å². The van der Waals surface area contributed by atoms with E-state index in [1.54, 1.807) is 0 Å². The lowest BCUT2D eigenvalue weighted by Gasteiger charge is -1.95. The van der Waals surface area contributed by atoms with Gasteiger partial charge in [0.2, 0.25) is 0 Å². The first-order chi connectivity index (χ1) is 4.34. The van der Waals surface area contributed by atoms with Crippen LogP contribution in [0.15, 0.2) is 0 Å². The molecule has 0 spiro atoms. The van der Waals surface area contributed by atoms with Crippen molar-refractivity contribution in [2.45, 2.75) is 19.1 Å². The molecule has 54 valence electrons. The van der Waals surface area contributed by atoms with Crippen LogP contribution in [0, 0.1) is 0 Å². The summed E-state index contributed by atoms with van der Waals surface area (Å²) in [6.45, 7) is 3.81. The summed E-state index contributed by atoms with van der Waals surface area (Å²) in [7, 11) is 0. The fourth-order valence-corrected chi connectivity index (χ4v) is 0.768. The molecule has 3 heteroatoms. The fourth-order valence-electron chi connectivity index (χ4n) is 0.768. The van der Waals surface area contributed by atoms with Crippen LogP contribution in [0.25, 0.3) is 0 Å². The Morgan fingerprint density at radius 1 is 1.67 bits per heavy atom. The van der Waals surface area contributed by atoms with Crippen molar-refractivity contribution in [1.29, 1.82) is 0 Å². The predicted molar refractivity (Wildman–Crippen MR) is 34.3 cm³/mol. The topological polar surface area (TPSA) is 44.8 Å². The number of ether oxygens (including phenoxy) is 1. The van der Waals surface area contributed by atoms with Gasteiger partial charge in [-0.05, 0) is 6.92 Å². The average molecular weight is 131 g/mol. The van der Waals surface area contributed by atoms with Gasteiger partial charge in [0.15, 0.2) is 0 Å². The Bertz CT molecular complexity index is 87.1. The molecule has 0 aromatic carbocycles. The van der Waals surface area contributed by atoms with E-state index in [2.05, 4.69) is 5.32 Å². The Morgan fingerprint density at radius 3 is 2.78 bits per heavy atom. The number of hydrogen-bond acceptors (Lipinski definition) is 3. The van der Waals surface area contributed by atoms with Gasteiger partial charge in [-0.3, -0.25) is 0 Å². The molecule has 0 aromatic rings. The maximum absolute atomic E-state index is 8.36. The summed E-state index contributed by atoms with van der Waals surface area (Å²) in [6, 6.07) is 0. The lowest BCUT2D eigenvalue weighted by atomic mass is 10.3. The van der Waals surface area contributed by atoms with E-state index in [1.165, 1.54) is 0 Å². The summed E-state index contributed by atoms with van der Waals surface area (Å²) in [5.74, 6) is 0. The number of nitrogens with one attached hydrogen (secondary N) is 1. The van der Waals surface area contributed by atoms with Crippen LogP contribution in [0.4, 0.5) is 0 Å². The van der Waals surface area contributed by atoms with Gasteiger partial charge in [-0.2, -0.15) is 0 Å². The van der Waals surface area contributed by atoms with E-state index in [0.717, 1.165) is 6.54 Å². The summed E-state index contributed by atoms with van der Waals surface area (Å²) in [6.07, 6.45) is 0.827. The van der Waals surface area contributed by atoms with E-state index in [-0.39, 0.29) is 6.61 Å². The van der Waals surface area contributed by atoms with Crippen LogP contribution in [0.5, 0.6) is 0 Å². The van der Waals surface area contributed by atoms with Gasteiger partial charge in [-0.15, -0.1) is 0 Å².